The van der Waals surface area contributed by atoms with Gasteiger partial charge in [-0.1, -0.05) is 18.2 Å². The lowest BCUT2D eigenvalue weighted by atomic mass is 10.0. The minimum absolute atomic E-state index is 0.0496. The maximum atomic E-state index is 14.6. The number of alkyl halides is 2. The molecule has 234 valence electrons. The molecule has 1 aliphatic carbocycles. The van der Waals surface area contributed by atoms with Gasteiger partial charge in [0, 0.05) is 6.04 Å². The zero-order chi connectivity index (χ0) is 30.9. The number of ether oxygens (including phenoxy) is 2. The first-order valence-electron chi connectivity index (χ1n) is 13.7. The third-order valence-corrected chi connectivity index (χ3v) is 8.96. The van der Waals surface area contributed by atoms with Crippen molar-refractivity contribution in [1.29, 1.82) is 0 Å². The Bertz CT molecular complexity index is 1500. The van der Waals surface area contributed by atoms with Crippen molar-refractivity contribution in [3.8, 4) is 5.75 Å². The van der Waals surface area contributed by atoms with Gasteiger partial charge in [0.25, 0.3) is 0 Å². The van der Waals surface area contributed by atoms with Gasteiger partial charge in [0.1, 0.15) is 35.5 Å². The molecule has 5 rings (SSSR count). The Hall–Kier alpha value is -3.07. The van der Waals surface area contributed by atoms with E-state index in [-0.39, 0.29) is 23.4 Å². The number of aliphatic hydroxyl groups excluding tert-OH is 1. The number of nitrogens with one attached hydrogen (secondary N) is 2. The number of fused-ring (bicyclic) bond motifs is 1. The average Bonchev–Trinajstić information content (AvgIpc) is 3.62. The minimum Gasteiger partial charge on any atom is -0.462 e. The third kappa shape index (κ3) is 6.87. The highest BCUT2D eigenvalue weighted by atomic mass is 35.5. The SMILES string of the molecule is CC(C)OC(=O)C(C)N[P@](=O)(OC[C@H]1O[C@@H](n2cnc3c(NC4CC4)nc(N)nc32)[C@@](Cl)(CF)[C@@H]1O)Oc1ccccc1. The topological polar surface area (TPSA) is 185 Å². The molecule has 1 aromatic carbocycles. The highest BCUT2D eigenvalue weighted by Crippen LogP contribution is 2.49. The summed E-state index contributed by atoms with van der Waals surface area (Å²) in [5.41, 5.74) is 6.52. The van der Waals surface area contributed by atoms with Gasteiger partial charge >= 0.3 is 13.7 Å². The van der Waals surface area contributed by atoms with Gasteiger partial charge in [-0.25, -0.2) is 13.9 Å². The van der Waals surface area contributed by atoms with Crippen LogP contribution in [0.3, 0.4) is 0 Å². The molecular formula is C26H34ClFN7O7P. The van der Waals surface area contributed by atoms with Crippen LogP contribution in [-0.4, -0.2) is 79.1 Å². The lowest BCUT2D eigenvalue weighted by Crippen LogP contribution is -2.44. The normalized spacial score (nSPS) is 25.9. The molecule has 1 aliphatic heterocycles. The zero-order valence-electron chi connectivity index (χ0n) is 23.7. The van der Waals surface area contributed by atoms with E-state index in [1.54, 1.807) is 44.2 Å². The molecule has 2 fully saturated rings. The van der Waals surface area contributed by atoms with Crippen LogP contribution >= 0.6 is 19.3 Å². The Kier molecular flexibility index (Phi) is 9.12. The Morgan fingerprint density at radius 3 is 2.67 bits per heavy atom. The molecule has 3 aromatic rings. The molecule has 2 aliphatic rings. The van der Waals surface area contributed by atoms with Crippen molar-refractivity contribution in [2.24, 2.45) is 0 Å². The summed E-state index contributed by atoms with van der Waals surface area (Å²) in [6, 6.07) is 7.28. The van der Waals surface area contributed by atoms with E-state index in [0.29, 0.717) is 11.3 Å². The number of nitrogens with zero attached hydrogens (tertiary/aromatic N) is 4. The van der Waals surface area contributed by atoms with E-state index in [4.69, 9.17) is 35.9 Å². The van der Waals surface area contributed by atoms with E-state index < -0.39 is 62.5 Å². The molecule has 17 heteroatoms. The quantitative estimate of drug-likeness (QED) is 0.121. The second-order valence-corrected chi connectivity index (χ2v) is 13.1. The van der Waals surface area contributed by atoms with Crippen LogP contribution in [0.15, 0.2) is 36.7 Å². The fraction of sp³-hybridized carbons (Fsp3) is 0.538. The Morgan fingerprint density at radius 1 is 1.30 bits per heavy atom. The number of benzene rings is 1. The van der Waals surface area contributed by atoms with Gasteiger partial charge in [-0.15, -0.1) is 11.6 Å². The predicted molar refractivity (Wildman–Crippen MR) is 155 cm³/mol. The summed E-state index contributed by atoms with van der Waals surface area (Å²) in [7, 11) is -4.31. The van der Waals surface area contributed by atoms with Crippen molar-refractivity contribution >= 4 is 48.2 Å². The molecule has 0 amide bonds. The molecule has 0 radical (unpaired) electrons. The van der Waals surface area contributed by atoms with E-state index in [9.17, 15) is 18.9 Å². The molecular weight excluding hydrogens is 608 g/mol. The number of imidazole rings is 1. The maximum absolute atomic E-state index is 14.6. The number of carbonyl (C=O) groups is 1. The van der Waals surface area contributed by atoms with E-state index in [1.807, 2.05) is 0 Å². The lowest BCUT2D eigenvalue weighted by molar-refractivity contribution is -0.149. The first kappa shape index (κ1) is 31.4. The minimum atomic E-state index is -4.31. The summed E-state index contributed by atoms with van der Waals surface area (Å²) in [5, 5.41) is 16.9. The van der Waals surface area contributed by atoms with Crippen molar-refractivity contribution in [3.63, 3.8) is 0 Å². The van der Waals surface area contributed by atoms with Crippen LogP contribution in [0.1, 0.15) is 39.8 Å². The van der Waals surface area contributed by atoms with Gasteiger partial charge in [-0.3, -0.25) is 13.9 Å². The number of hydrogen-bond acceptors (Lipinski definition) is 12. The second-order valence-electron chi connectivity index (χ2n) is 10.7. The van der Waals surface area contributed by atoms with Gasteiger partial charge in [-0.2, -0.15) is 15.1 Å². The first-order chi connectivity index (χ1) is 20.4. The average molecular weight is 642 g/mol. The molecule has 5 N–H and O–H groups in total. The Balaban J connectivity index is 1.38. The largest absolute Gasteiger partial charge is 0.462 e. The Labute approximate surface area is 252 Å². The monoisotopic (exact) mass is 641 g/mol. The number of hydrogen-bond donors (Lipinski definition) is 4. The summed E-state index contributed by atoms with van der Waals surface area (Å²) in [4.78, 5) is 23.3. The first-order valence-corrected chi connectivity index (χ1v) is 15.7. The summed E-state index contributed by atoms with van der Waals surface area (Å²) in [6.45, 7) is 3.01. The van der Waals surface area contributed by atoms with Gasteiger partial charge in [-0.05, 0) is 45.7 Å². The number of nitrogen functional groups attached to an aromatic ring is 1. The van der Waals surface area contributed by atoms with Crippen LogP contribution in [0.2, 0.25) is 0 Å². The molecule has 14 nitrogen and oxygen atoms in total. The number of halogens is 2. The van der Waals surface area contributed by atoms with Crippen LogP contribution in [0.5, 0.6) is 5.75 Å². The van der Waals surface area contributed by atoms with E-state index in [1.165, 1.54) is 17.8 Å². The number of para-hydroxylation sites is 1. The number of aliphatic hydroxyl groups is 1. The van der Waals surface area contributed by atoms with Crippen molar-refractivity contribution in [2.75, 3.05) is 24.3 Å². The van der Waals surface area contributed by atoms with Crippen molar-refractivity contribution in [3.05, 3.63) is 36.7 Å². The molecule has 0 bridgehead atoms. The van der Waals surface area contributed by atoms with E-state index >= 15 is 0 Å². The van der Waals surface area contributed by atoms with E-state index in [2.05, 4.69) is 25.4 Å². The van der Waals surface area contributed by atoms with Gasteiger partial charge in [0.05, 0.1) is 19.0 Å². The van der Waals surface area contributed by atoms with Crippen LogP contribution in [0.25, 0.3) is 11.2 Å². The number of nitrogens with two attached hydrogens (primary N) is 1. The second kappa shape index (κ2) is 12.5. The number of rotatable bonds is 13. The molecule has 43 heavy (non-hydrogen) atoms. The summed E-state index contributed by atoms with van der Waals surface area (Å²) >= 11 is 6.66. The number of aromatic nitrogens is 4. The van der Waals surface area contributed by atoms with E-state index in [0.717, 1.165) is 12.8 Å². The summed E-state index contributed by atoms with van der Waals surface area (Å²) < 4.78 is 52.3. The van der Waals surface area contributed by atoms with Crippen LogP contribution in [0.4, 0.5) is 16.2 Å². The highest BCUT2D eigenvalue weighted by molar-refractivity contribution is 7.52. The molecule has 1 unspecified atom stereocenters. The fourth-order valence-corrected chi connectivity index (χ4v) is 6.31. The molecule has 3 heterocycles. The zero-order valence-corrected chi connectivity index (χ0v) is 25.4. The standard InChI is InChI=1S/C26H34ClFN7O7P/c1-14(2)40-23(37)15(3)34-43(38,42-17-7-5-4-6-8-17)39-11-18-20(36)26(27,12-28)24(41-18)35-13-30-19-21(31-16-9-10-16)32-25(29)33-22(19)35/h4-8,13-16,18,20,24,36H,9-12H2,1-3H3,(H,34,38)(H3,29,31,32,33)/t15?,18-,20-,24-,26-,43+/m1/s1. The molecule has 2 aromatic heterocycles. The van der Waals surface area contributed by atoms with Crippen LogP contribution in [0, 0.1) is 0 Å². The van der Waals surface area contributed by atoms with Gasteiger partial charge < -0.3 is 30.2 Å². The smallest absolute Gasteiger partial charge is 0.459 e. The predicted octanol–water partition coefficient (Wildman–Crippen LogP) is 3.32. The van der Waals surface area contributed by atoms with Gasteiger partial charge in [0.2, 0.25) is 5.95 Å². The fourth-order valence-electron chi connectivity index (χ4n) is 4.51. The molecule has 1 saturated carbocycles. The number of anilines is 2. The summed E-state index contributed by atoms with van der Waals surface area (Å²) in [5.74, 6) is -0.139. The molecule has 6 atom stereocenters. The third-order valence-electron chi connectivity index (χ3n) is 6.81. The van der Waals surface area contributed by atoms with Gasteiger partial charge in [0.15, 0.2) is 23.2 Å². The maximum Gasteiger partial charge on any atom is 0.459 e. The summed E-state index contributed by atoms with van der Waals surface area (Å²) in [6.07, 6.45) is -1.37. The van der Waals surface area contributed by atoms with Crippen molar-refractivity contribution in [1.82, 2.24) is 24.6 Å². The molecule has 1 saturated heterocycles. The highest BCUT2D eigenvalue weighted by Gasteiger charge is 2.57. The van der Waals surface area contributed by atoms with Crippen LogP contribution in [-0.2, 0) is 23.4 Å². The molecule has 0 spiro atoms. The number of esters is 1. The van der Waals surface area contributed by atoms with Crippen molar-refractivity contribution < 1.29 is 37.4 Å². The lowest BCUT2D eigenvalue weighted by Gasteiger charge is -2.27. The number of carbonyl (C=O) groups excluding carboxylic acids is 1. The Morgan fingerprint density at radius 2 is 2.02 bits per heavy atom. The van der Waals surface area contributed by atoms with Crippen molar-refractivity contribution in [2.45, 2.75) is 75.1 Å². The van der Waals surface area contributed by atoms with Crippen LogP contribution < -0.4 is 20.7 Å².